The molecule has 0 aliphatic heterocycles. The van der Waals surface area contributed by atoms with Crippen LogP contribution in [0.2, 0.25) is 0 Å². The number of carbonyl (C=O) groups is 1. The summed E-state index contributed by atoms with van der Waals surface area (Å²) in [6.45, 7) is 1.38. The predicted molar refractivity (Wildman–Crippen MR) is 60.7 cm³/mol. The fourth-order valence-electron chi connectivity index (χ4n) is 1.32. The van der Waals surface area contributed by atoms with Crippen LogP contribution in [0, 0.1) is 5.82 Å². The number of hydrogen-bond donors (Lipinski definition) is 0. The van der Waals surface area contributed by atoms with Gasteiger partial charge in [0.1, 0.15) is 0 Å². The molecule has 0 radical (unpaired) electrons. The van der Waals surface area contributed by atoms with Gasteiger partial charge in [-0.2, -0.15) is 0 Å². The quantitative estimate of drug-likeness (QED) is 0.761. The van der Waals surface area contributed by atoms with Crippen LogP contribution in [-0.4, -0.2) is 10.8 Å². The zero-order valence-corrected chi connectivity index (χ0v) is 9.18. The summed E-state index contributed by atoms with van der Waals surface area (Å²) in [6.07, 6.45) is 1.55. The number of benzene rings is 1. The predicted octanol–water partition coefficient (Wildman–Crippen LogP) is 3.22. The Morgan fingerprint density at radius 3 is 2.71 bits per heavy atom. The molecule has 4 heteroatoms. The van der Waals surface area contributed by atoms with Crippen molar-refractivity contribution in [3.05, 3.63) is 54.0 Å². The van der Waals surface area contributed by atoms with Crippen molar-refractivity contribution in [1.82, 2.24) is 4.98 Å². The molecule has 1 aromatic carbocycles. The van der Waals surface area contributed by atoms with Crippen molar-refractivity contribution in [2.45, 2.75) is 6.92 Å². The van der Waals surface area contributed by atoms with Gasteiger partial charge in [-0.25, -0.2) is 9.37 Å². The Labute approximate surface area is 97.9 Å². The van der Waals surface area contributed by atoms with E-state index < -0.39 is 5.82 Å². The lowest BCUT2D eigenvalue weighted by Crippen LogP contribution is -1.95. The third-order valence-electron chi connectivity index (χ3n) is 2.19. The number of halogens is 1. The van der Waals surface area contributed by atoms with Crippen LogP contribution in [0.1, 0.15) is 17.3 Å². The van der Waals surface area contributed by atoms with Crippen molar-refractivity contribution in [3.63, 3.8) is 0 Å². The van der Waals surface area contributed by atoms with Crippen LogP contribution in [0.4, 0.5) is 4.39 Å². The lowest BCUT2D eigenvalue weighted by atomic mass is 10.1. The summed E-state index contributed by atoms with van der Waals surface area (Å²) in [5.41, 5.74) is 0.316. The zero-order chi connectivity index (χ0) is 12.3. The van der Waals surface area contributed by atoms with E-state index in [1.165, 1.54) is 19.1 Å². The number of ether oxygens (including phenoxy) is 1. The van der Waals surface area contributed by atoms with Gasteiger partial charge in [-0.15, -0.1) is 0 Å². The number of hydrogen-bond acceptors (Lipinski definition) is 3. The van der Waals surface area contributed by atoms with Crippen LogP contribution < -0.4 is 4.74 Å². The zero-order valence-electron chi connectivity index (χ0n) is 9.18. The summed E-state index contributed by atoms with van der Waals surface area (Å²) in [5, 5.41) is 0. The van der Waals surface area contributed by atoms with Crippen LogP contribution in [-0.2, 0) is 0 Å². The molecule has 0 unspecified atom stereocenters. The first-order valence-electron chi connectivity index (χ1n) is 5.06. The van der Waals surface area contributed by atoms with Gasteiger partial charge in [-0.3, -0.25) is 4.79 Å². The van der Waals surface area contributed by atoms with E-state index in [4.69, 9.17) is 4.74 Å². The fraction of sp³-hybridized carbons (Fsp3) is 0.0769. The van der Waals surface area contributed by atoms with Gasteiger partial charge < -0.3 is 4.74 Å². The van der Waals surface area contributed by atoms with E-state index in [1.54, 1.807) is 24.4 Å². The second-order valence-electron chi connectivity index (χ2n) is 3.47. The molecule has 0 amide bonds. The number of nitrogens with zero attached hydrogens (tertiary/aromatic N) is 1. The Bertz CT molecular complexity index is 540. The van der Waals surface area contributed by atoms with E-state index in [0.717, 1.165) is 6.07 Å². The van der Waals surface area contributed by atoms with Gasteiger partial charge in [0, 0.05) is 17.8 Å². The van der Waals surface area contributed by atoms with Crippen LogP contribution >= 0.6 is 0 Å². The van der Waals surface area contributed by atoms with Crippen molar-refractivity contribution in [2.24, 2.45) is 0 Å². The Kier molecular flexibility index (Phi) is 3.14. The first-order chi connectivity index (χ1) is 8.16. The molecule has 1 heterocycles. The van der Waals surface area contributed by atoms with E-state index in [2.05, 4.69) is 4.98 Å². The minimum absolute atomic E-state index is 0.0497. The first kappa shape index (κ1) is 11.3. The van der Waals surface area contributed by atoms with Gasteiger partial charge in [-0.05, 0) is 31.2 Å². The summed E-state index contributed by atoms with van der Waals surface area (Å²) in [6, 6.07) is 9.19. The molecule has 0 saturated carbocycles. The van der Waals surface area contributed by atoms with E-state index in [9.17, 15) is 9.18 Å². The Morgan fingerprint density at radius 1 is 1.29 bits per heavy atom. The molecule has 1 aromatic heterocycles. The van der Waals surface area contributed by atoms with E-state index in [1.807, 2.05) is 0 Å². The van der Waals surface area contributed by atoms with Crippen molar-refractivity contribution in [2.75, 3.05) is 0 Å². The fourth-order valence-corrected chi connectivity index (χ4v) is 1.32. The smallest absolute Gasteiger partial charge is 0.219 e. The molecule has 86 valence electrons. The largest absolute Gasteiger partial charge is 0.436 e. The molecule has 17 heavy (non-hydrogen) atoms. The monoisotopic (exact) mass is 231 g/mol. The molecular weight excluding hydrogens is 221 g/mol. The van der Waals surface area contributed by atoms with Crippen LogP contribution in [0.3, 0.4) is 0 Å². The van der Waals surface area contributed by atoms with E-state index >= 15 is 0 Å². The van der Waals surface area contributed by atoms with Crippen molar-refractivity contribution >= 4 is 5.78 Å². The number of ketones is 1. The maximum Gasteiger partial charge on any atom is 0.219 e. The lowest BCUT2D eigenvalue weighted by Gasteiger charge is -2.06. The van der Waals surface area contributed by atoms with Gasteiger partial charge in [-0.1, -0.05) is 6.07 Å². The van der Waals surface area contributed by atoms with Crippen molar-refractivity contribution in [1.29, 1.82) is 0 Å². The maximum atomic E-state index is 13.6. The molecule has 0 aliphatic rings. The Hall–Kier alpha value is -2.23. The van der Waals surface area contributed by atoms with Gasteiger partial charge >= 0.3 is 0 Å². The van der Waals surface area contributed by atoms with Crippen molar-refractivity contribution < 1.29 is 13.9 Å². The summed E-state index contributed by atoms with van der Waals surface area (Å²) in [5.74, 6) is -0.410. The third-order valence-corrected chi connectivity index (χ3v) is 2.19. The van der Waals surface area contributed by atoms with Gasteiger partial charge in [0.15, 0.2) is 17.3 Å². The van der Waals surface area contributed by atoms with Crippen molar-refractivity contribution in [3.8, 4) is 11.6 Å². The highest BCUT2D eigenvalue weighted by Crippen LogP contribution is 2.23. The molecule has 0 N–H and O–H groups in total. The molecule has 0 fully saturated rings. The van der Waals surface area contributed by atoms with Gasteiger partial charge in [0.25, 0.3) is 0 Å². The third kappa shape index (κ3) is 2.66. The topological polar surface area (TPSA) is 39.2 Å². The summed E-state index contributed by atoms with van der Waals surface area (Å²) in [7, 11) is 0. The number of Topliss-reactive ketones (excluding diaryl/α,β-unsaturated/α-hetero) is 1. The summed E-state index contributed by atoms with van der Waals surface area (Å²) >= 11 is 0. The average molecular weight is 231 g/mol. The highest BCUT2D eigenvalue weighted by Gasteiger charge is 2.08. The number of carbonyl (C=O) groups excluding carboxylic acids is 1. The van der Waals surface area contributed by atoms with Gasteiger partial charge in [0.05, 0.1) is 0 Å². The van der Waals surface area contributed by atoms with Gasteiger partial charge in [0.2, 0.25) is 5.88 Å². The minimum atomic E-state index is -0.580. The first-order valence-corrected chi connectivity index (χ1v) is 5.06. The van der Waals surface area contributed by atoms with Crippen LogP contribution in [0.5, 0.6) is 11.6 Å². The maximum absolute atomic E-state index is 13.6. The lowest BCUT2D eigenvalue weighted by molar-refractivity contribution is 0.101. The Morgan fingerprint density at radius 2 is 2.12 bits per heavy atom. The average Bonchev–Trinajstić information content (AvgIpc) is 2.33. The molecule has 2 rings (SSSR count). The highest BCUT2D eigenvalue weighted by molar-refractivity contribution is 5.94. The molecular formula is C13H10FNO2. The second-order valence-corrected chi connectivity index (χ2v) is 3.47. The molecule has 0 atom stereocenters. The normalized spacial score (nSPS) is 10.0. The molecule has 0 bridgehead atoms. The van der Waals surface area contributed by atoms with Crippen LogP contribution in [0.25, 0.3) is 0 Å². The molecule has 0 aliphatic carbocycles. The van der Waals surface area contributed by atoms with E-state index in [-0.39, 0.29) is 11.5 Å². The minimum Gasteiger partial charge on any atom is -0.436 e. The number of pyridine rings is 1. The van der Waals surface area contributed by atoms with Crippen LogP contribution in [0.15, 0.2) is 42.6 Å². The molecule has 0 saturated heterocycles. The summed E-state index contributed by atoms with van der Waals surface area (Å²) in [4.78, 5) is 15.0. The Balaban J connectivity index is 2.26. The number of aromatic nitrogens is 1. The molecule has 3 nitrogen and oxygen atoms in total. The highest BCUT2D eigenvalue weighted by atomic mass is 19.1. The second kappa shape index (κ2) is 4.74. The molecule has 0 spiro atoms. The number of rotatable bonds is 3. The van der Waals surface area contributed by atoms with E-state index in [0.29, 0.717) is 11.4 Å². The molecule has 2 aromatic rings. The SMILES string of the molecule is CC(=O)c1ccc(Oc2ccccn2)c(F)c1. The standard InChI is InChI=1S/C13H10FNO2/c1-9(16)10-5-6-12(11(14)8-10)17-13-4-2-3-7-15-13/h2-8H,1H3. The summed E-state index contributed by atoms with van der Waals surface area (Å²) < 4.78 is 18.8.